The number of hydrazine groups is 1. The van der Waals surface area contributed by atoms with Crippen LogP contribution in [0.15, 0.2) is 30.6 Å². The highest BCUT2D eigenvalue weighted by Gasteiger charge is 2.41. The zero-order valence-electron chi connectivity index (χ0n) is 12.8. The van der Waals surface area contributed by atoms with Crippen molar-refractivity contribution in [1.82, 2.24) is 31.1 Å². The molecule has 0 spiro atoms. The van der Waals surface area contributed by atoms with Gasteiger partial charge in [-0.15, -0.1) is 5.10 Å². The molecule has 2 N–H and O–H groups in total. The van der Waals surface area contributed by atoms with Gasteiger partial charge in [0.05, 0.1) is 11.8 Å². The van der Waals surface area contributed by atoms with Gasteiger partial charge in [0.1, 0.15) is 11.7 Å². The normalized spacial score (nSPS) is 15.5. The summed E-state index contributed by atoms with van der Waals surface area (Å²) in [5, 5.41) is 20.1. The molecule has 122 valence electrons. The summed E-state index contributed by atoms with van der Waals surface area (Å²) in [7, 11) is 0. The average Bonchev–Trinajstić information content (AvgIpc) is 3.31. The zero-order valence-corrected chi connectivity index (χ0v) is 12.8. The first-order valence-electron chi connectivity index (χ1n) is 7.50. The standard InChI is InChI=1S/C15H15N7O2/c16-9-15(7-1-2-8-15)14(24)19-18-13(23)11-3-5-12(6-4-11)22-10-17-20-21-22/h3-6,10H,1-2,7-8H2,(H,18,23)(H,19,24). The molecule has 0 unspecified atom stereocenters. The summed E-state index contributed by atoms with van der Waals surface area (Å²) in [5.41, 5.74) is 4.75. The highest BCUT2D eigenvalue weighted by Crippen LogP contribution is 2.37. The molecule has 3 rings (SSSR count). The molecule has 1 saturated carbocycles. The molecule has 1 aromatic carbocycles. The maximum absolute atomic E-state index is 12.2. The van der Waals surface area contributed by atoms with Crippen molar-refractivity contribution in [2.45, 2.75) is 25.7 Å². The molecule has 1 fully saturated rings. The first-order valence-corrected chi connectivity index (χ1v) is 7.50. The van der Waals surface area contributed by atoms with Crippen molar-refractivity contribution < 1.29 is 9.59 Å². The van der Waals surface area contributed by atoms with Gasteiger partial charge in [0.15, 0.2) is 0 Å². The lowest BCUT2D eigenvalue weighted by atomic mass is 9.87. The van der Waals surface area contributed by atoms with Crippen LogP contribution in [0.4, 0.5) is 0 Å². The van der Waals surface area contributed by atoms with E-state index in [-0.39, 0.29) is 0 Å². The fraction of sp³-hybridized carbons (Fsp3) is 0.333. The summed E-state index contributed by atoms with van der Waals surface area (Å²) >= 11 is 0. The van der Waals surface area contributed by atoms with Crippen molar-refractivity contribution in [2.75, 3.05) is 0 Å². The maximum Gasteiger partial charge on any atom is 0.269 e. The molecule has 0 bridgehead atoms. The number of carbonyl (C=O) groups is 2. The molecular weight excluding hydrogens is 310 g/mol. The van der Waals surface area contributed by atoms with Crippen LogP contribution >= 0.6 is 0 Å². The molecule has 9 nitrogen and oxygen atoms in total. The van der Waals surface area contributed by atoms with Gasteiger partial charge in [0, 0.05) is 5.56 Å². The third-order valence-electron chi connectivity index (χ3n) is 4.14. The average molecular weight is 325 g/mol. The summed E-state index contributed by atoms with van der Waals surface area (Å²) in [4.78, 5) is 24.3. The lowest BCUT2D eigenvalue weighted by molar-refractivity contribution is -0.128. The summed E-state index contributed by atoms with van der Waals surface area (Å²) in [6.45, 7) is 0. The SMILES string of the molecule is N#CC1(C(=O)NNC(=O)c2ccc(-n3cnnn3)cc2)CCCC1. The molecule has 1 aliphatic carbocycles. The van der Waals surface area contributed by atoms with Crippen LogP contribution in [-0.2, 0) is 4.79 Å². The molecule has 2 aromatic rings. The number of carbonyl (C=O) groups excluding carboxylic acids is 2. The zero-order chi connectivity index (χ0) is 17.0. The van der Waals surface area contributed by atoms with E-state index in [2.05, 4.69) is 32.4 Å². The predicted octanol–water partition coefficient (Wildman–Crippen LogP) is 0.507. The first-order chi connectivity index (χ1) is 11.6. The van der Waals surface area contributed by atoms with Crippen LogP contribution in [0.1, 0.15) is 36.0 Å². The molecule has 1 heterocycles. The number of benzene rings is 1. The second-order valence-electron chi connectivity index (χ2n) is 5.61. The van der Waals surface area contributed by atoms with Crippen LogP contribution in [0.3, 0.4) is 0 Å². The fourth-order valence-corrected chi connectivity index (χ4v) is 2.72. The Morgan fingerprint density at radius 1 is 1.17 bits per heavy atom. The number of amides is 2. The number of tetrazole rings is 1. The first kappa shape index (κ1) is 15.6. The minimum absolute atomic E-state index is 0.365. The molecule has 24 heavy (non-hydrogen) atoms. The Balaban J connectivity index is 1.61. The smallest absolute Gasteiger partial charge is 0.269 e. The number of hydrogen-bond donors (Lipinski definition) is 2. The van der Waals surface area contributed by atoms with Gasteiger partial charge in [-0.05, 0) is 47.5 Å². The number of nitriles is 1. The van der Waals surface area contributed by atoms with Crippen LogP contribution in [-0.4, -0.2) is 32.0 Å². The fourth-order valence-electron chi connectivity index (χ4n) is 2.72. The number of rotatable bonds is 3. The molecule has 0 saturated heterocycles. The molecule has 9 heteroatoms. The van der Waals surface area contributed by atoms with E-state index in [1.54, 1.807) is 24.3 Å². The van der Waals surface area contributed by atoms with Gasteiger partial charge >= 0.3 is 0 Å². The number of aromatic nitrogens is 4. The van der Waals surface area contributed by atoms with Crippen molar-refractivity contribution in [1.29, 1.82) is 5.26 Å². The predicted molar refractivity (Wildman–Crippen MR) is 81.3 cm³/mol. The quantitative estimate of drug-likeness (QED) is 0.792. The molecule has 0 atom stereocenters. The van der Waals surface area contributed by atoms with E-state index >= 15 is 0 Å². The highest BCUT2D eigenvalue weighted by molar-refractivity contribution is 5.96. The second kappa shape index (κ2) is 6.45. The van der Waals surface area contributed by atoms with Crippen molar-refractivity contribution in [3.8, 4) is 11.8 Å². The number of nitrogens with zero attached hydrogens (tertiary/aromatic N) is 5. The lowest BCUT2D eigenvalue weighted by Crippen LogP contribution is -2.48. The molecule has 0 aliphatic heterocycles. The molecule has 0 radical (unpaired) electrons. The Hall–Kier alpha value is -3.28. The van der Waals surface area contributed by atoms with E-state index in [0.717, 1.165) is 12.8 Å². The summed E-state index contributed by atoms with van der Waals surface area (Å²) < 4.78 is 1.46. The van der Waals surface area contributed by atoms with Crippen LogP contribution in [0, 0.1) is 16.7 Å². The summed E-state index contributed by atoms with van der Waals surface area (Å²) in [5.74, 6) is -0.918. The van der Waals surface area contributed by atoms with Gasteiger partial charge < -0.3 is 0 Å². The minimum Gasteiger partial charge on any atom is -0.271 e. The largest absolute Gasteiger partial charge is 0.271 e. The number of hydrogen-bond acceptors (Lipinski definition) is 6. The highest BCUT2D eigenvalue weighted by atomic mass is 16.2. The Morgan fingerprint density at radius 2 is 1.88 bits per heavy atom. The monoisotopic (exact) mass is 325 g/mol. The van der Waals surface area contributed by atoms with Crippen LogP contribution in [0.2, 0.25) is 0 Å². The third-order valence-corrected chi connectivity index (χ3v) is 4.14. The van der Waals surface area contributed by atoms with Crippen LogP contribution in [0.5, 0.6) is 0 Å². The van der Waals surface area contributed by atoms with Gasteiger partial charge in [-0.2, -0.15) is 5.26 Å². The number of nitrogens with one attached hydrogen (secondary N) is 2. The maximum atomic E-state index is 12.2. The lowest BCUT2D eigenvalue weighted by Gasteiger charge is -2.19. The Morgan fingerprint density at radius 3 is 2.46 bits per heavy atom. The van der Waals surface area contributed by atoms with E-state index in [9.17, 15) is 14.9 Å². The van der Waals surface area contributed by atoms with Crippen LogP contribution in [0.25, 0.3) is 5.69 Å². The third kappa shape index (κ3) is 2.94. The van der Waals surface area contributed by atoms with E-state index in [1.807, 2.05) is 0 Å². The van der Waals surface area contributed by atoms with E-state index in [1.165, 1.54) is 11.0 Å². The second-order valence-corrected chi connectivity index (χ2v) is 5.61. The topological polar surface area (TPSA) is 126 Å². The Kier molecular flexibility index (Phi) is 4.20. The van der Waals surface area contributed by atoms with Crippen molar-refractivity contribution >= 4 is 11.8 Å². The van der Waals surface area contributed by atoms with Crippen molar-refractivity contribution in [2.24, 2.45) is 5.41 Å². The summed E-state index contributed by atoms with van der Waals surface area (Å²) in [6.07, 6.45) is 4.16. The van der Waals surface area contributed by atoms with Crippen molar-refractivity contribution in [3.05, 3.63) is 36.2 Å². The van der Waals surface area contributed by atoms with E-state index in [4.69, 9.17) is 0 Å². The van der Waals surface area contributed by atoms with Gasteiger partial charge in [-0.3, -0.25) is 20.4 Å². The molecule has 2 amide bonds. The Labute approximate surface area is 137 Å². The van der Waals surface area contributed by atoms with Gasteiger partial charge in [-0.25, -0.2) is 4.68 Å². The van der Waals surface area contributed by atoms with E-state index in [0.29, 0.717) is 24.1 Å². The molecular formula is C15H15N7O2. The van der Waals surface area contributed by atoms with E-state index < -0.39 is 17.2 Å². The van der Waals surface area contributed by atoms with Crippen LogP contribution < -0.4 is 10.9 Å². The van der Waals surface area contributed by atoms with Gasteiger partial charge in [0.25, 0.3) is 11.8 Å². The molecule has 1 aliphatic rings. The molecule has 1 aromatic heterocycles. The van der Waals surface area contributed by atoms with Crippen molar-refractivity contribution in [3.63, 3.8) is 0 Å². The van der Waals surface area contributed by atoms with Gasteiger partial charge in [-0.1, -0.05) is 12.8 Å². The minimum atomic E-state index is -1.03. The van der Waals surface area contributed by atoms with Gasteiger partial charge in [0.2, 0.25) is 0 Å². The Bertz CT molecular complexity index is 771. The summed E-state index contributed by atoms with van der Waals surface area (Å²) in [6, 6.07) is 8.62.